The molecule has 0 unspecified atom stereocenters. The van der Waals surface area contributed by atoms with Crippen molar-refractivity contribution in [3.63, 3.8) is 0 Å². The standard InChI is InChI=1S/C10H11O4.C2H3.Co.O/c1-2-5-14-10(13)8-4-3-7(11)6-9(8)12;1-2;;/h3-4,6,11-12H,1-2,5H2;1H,2H2;;. The maximum atomic E-state index is 11.5. The van der Waals surface area contributed by atoms with E-state index in [1.165, 1.54) is 17.1 Å². The molecule has 2 N–H and O–H groups in total. The quantitative estimate of drug-likeness (QED) is 0.621. The Labute approximate surface area is 109 Å². The number of rotatable bonds is 6. The summed E-state index contributed by atoms with van der Waals surface area (Å²) in [6.07, 6.45) is 0.463. The Morgan fingerprint density at radius 1 is 1.44 bits per heavy atom. The fourth-order valence-electron chi connectivity index (χ4n) is 1.17. The Balaban J connectivity index is 2.46. The fourth-order valence-corrected chi connectivity index (χ4v) is 1.89. The molecule has 0 aliphatic carbocycles. The number of aromatic hydroxyl groups is 2. The van der Waals surface area contributed by atoms with Gasteiger partial charge in [-0.25, -0.2) is 0 Å². The summed E-state index contributed by atoms with van der Waals surface area (Å²) >= 11 is -1.41. The first-order chi connectivity index (χ1) is 8.54. The second kappa shape index (κ2) is 6.92. The first-order valence-electron chi connectivity index (χ1n) is 5.10. The number of benzene rings is 1. The van der Waals surface area contributed by atoms with E-state index in [4.69, 9.17) is 9.84 Å². The van der Waals surface area contributed by atoms with Gasteiger partial charge in [-0.2, -0.15) is 0 Å². The van der Waals surface area contributed by atoms with Crippen molar-refractivity contribution in [2.24, 2.45) is 0 Å². The Bertz CT molecular complexity index is 470. The summed E-state index contributed by atoms with van der Waals surface area (Å²) in [5, 5.41) is 20.3. The first kappa shape index (κ1) is 14.4. The molecular weight excluding hydrogens is 283 g/mol. The summed E-state index contributed by atoms with van der Waals surface area (Å²) < 4.78 is 15.9. The van der Waals surface area contributed by atoms with Crippen molar-refractivity contribution < 1.29 is 37.2 Å². The topological polar surface area (TPSA) is 83.8 Å². The third-order valence-electron chi connectivity index (χ3n) is 2.01. The zero-order valence-corrected chi connectivity index (χ0v) is 10.6. The minimum atomic E-state index is -1.41. The van der Waals surface area contributed by atoms with Gasteiger partial charge in [0.15, 0.2) is 0 Å². The SMILES string of the molecule is C=[CH][Co](=[O])[CH2]CCOC(=O)c1ccc(O)cc1O. The predicted molar refractivity (Wildman–Crippen MR) is 60.4 cm³/mol. The average molecular weight is 297 g/mol. The van der Waals surface area contributed by atoms with Crippen LogP contribution in [0.1, 0.15) is 16.8 Å². The zero-order chi connectivity index (χ0) is 13.5. The van der Waals surface area contributed by atoms with Crippen molar-refractivity contribution in [2.45, 2.75) is 11.8 Å². The van der Waals surface area contributed by atoms with Crippen LogP contribution in [-0.4, -0.2) is 22.8 Å². The van der Waals surface area contributed by atoms with Crippen LogP contribution in [-0.2, 0) is 22.2 Å². The Hall–Kier alpha value is -1.66. The van der Waals surface area contributed by atoms with Gasteiger partial charge in [-0.1, -0.05) is 0 Å². The number of esters is 1. The number of carbonyl (C=O) groups is 1. The molecular formula is C12H14CoO5. The Kier molecular flexibility index (Phi) is 5.54. The molecule has 0 heterocycles. The summed E-state index contributed by atoms with van der Waals surface area (Å²) in [5.41, 5.74) is -0.0132. The first-order valence-corrected chi connectivity index (χ1v) is 6.87. The van der Waals surface area contributed by atoms with Gasteiger partial charge in [0.2, 0.25) is 0 Å². The number of phenols is 2. The second-order valence-electron chi connectivity index (χ2n) is 3.30. The molecule has 0 radical (unpaired) electrons. The van der Waals surface area contributed by atoms with Crippen LogP contribution in [0, 0.1) is 0 Å². The van der Waals surface area contributed by atoms with Crippen molar-refractivity contribution in [3.05, 3.63) is 35.4 Å². The predicted octanol–water partition coefficient (Wildman–Crippen LogP) is 2.17. The molecule has 0 saturated heterocycles. The molecule has 5 nitrogen and oxygen atoms in total. The molecule has 1 aromatic rings. The van der Waals surface area contributed by atoms with Gasteiger partial charge in [0.05, 0.1) is 0 Å². The molecule has 0 spiro atoms. The van der Waals surface area contributed by atoms with Gasteiger partial charge in [-0.15, -0.1) is 0 Å². The van der Waals surface area contributed by atoms with Crippen LogP contribution in [0.3, 0.4) is 0 Å². The molecule has 18 heavy (non-hydrogen) atoms. The van der Waals surface area contributed by atoms with Crippen LogP contribution in [0.25, 0.3) is 0 Å². The van der Waals surface area contributed by atoms with Gasteiger partial charge in [0.25, 0.3) is 0 Å². The average Bonchev–Trinajstić information content (AvgIpc) is 2.34. The van der Waals surface area contributed by atoms with Crippen LogP contribution in [0.15, 0.2) is 29.8 Å². The van der Waals surface area contributed by atoms with E-state index in [1.54, 1.807) is 0 Å². The molecule has 101 valence electrons. The van der Waals surface area contributed by atoms with Crippen molar-refractivity contribution in [3.8, 4) is 11.5 Å². The van der Waals surface area contributed by atoms with E-state index in [0.29, 0.717) is 11.8 Å². The number of carbonyl (C=O) groups excluding carboxylic acids is 1. The van der Waals surface area contributed by atoms with E-state index in [2.05, 4.69) is 6.58 Å². The van der Waals surface area contributed by atoms with E-state index < -0.39 is 19.6 Å². The summed E-state index contributed by atoms with van der Waals surface area (Å²) in [5.74, 6) is -1.15. The second-order valence-corrected chi connectivity index (χ2v) is 5.22. The summed E-state index contributed by atoms with van der Waals surface area (Å²) in [4.78, 5) is 11.5. The van der Waals surface area contributed by atoms with Crippen LogP contribution in [0.2, 0.25) is 5.36 Å². The maximum absolute atomic E-state index is 11.5. The monoisotopic (exact) mass is 297 g/mol. The third-order valence-corrected chi connectivity index (χ3v) is 3.37. The van der Waals surface area contributed by atoms with E-state index in [9.17, 15) is 13.8 Å². The number of hydrogen-bond acceptors (Lipinski definition) is 5. The van der Waals surface area contributed by atoms with Crippen LogP contribution in [0.5, 0.6) is 11.5 Å². The van der Waals surface area contributed by atoms with E-state index in [0.717, 1.165) is 6.07 Å². The van der Waals surface area contributed by atoms with Crippen LogP contribution >= 0.6 is 0 Å². The molecule has 0 fully saturated rings. The van der Waals surface area contributed by atoms with Crippen molar-refractivity contribution in [1.82, 2.24) is 0 Å². The fraction of sp³-hybridized carbons (Fsp3) is 0.250. The number of hydrogen-bond donors (Lipinski definition) is 2. The number of phenolic OH excluding ortho intramolecular Hbond substituents is 2. The zero-order valence-electron chi connectivity index (χ0n) is 9.59. The van der Waals surface area contributed by atoms with Gasteiger partial charge in [-0.05, 0) is 0 Å². The van der Waals surface area contributed by atoms with E-state index in [1.807, 2.05) is 0 Å². The molecule has 0 bridgehead atoms. The van der Waals surface area contributed by atoms with Gasteiger partial charge < -0.3 is 0 Å². The van der Waals surface area contributed by atoms with Gasteiger partial charge in [-0.3, -0.25) is 0 Å². The van der Waals surface area contributed by atoms with Crippen molar-refractivity contribution >= 4 is 5.97 Å². The minimum absolute atomic E-state index is 0.0132. The van der Waals surface area contributed by atoms with Gasteiger partial charge in [0, 0.05) is 0 Å². The molecule has 6 heteroatoms. The molecule has 0 aromatic heterocycles. The van der Waals surface area contributed by atoms with Crippen molar-refractivity contribution in [2.75, 3.05) is 6.61 Å². The Morgan fingerprint density at radius 2 is 2.17 bits per heavy atom. The summed E-state index contributed by atoms with van der Waals surface area (Å²) in [7, 11) is 0. The third kappa shape index (κ3) is 4.31. The molecule has 0 atom stereocenters. The molecule has 0 amide bonds. The molecule has 0 saturated carbocycles. The normalized spacial score (nSPS) is 10.8. The van der Waals surface area contributed by atoms with Crippen LogP contribution < -0.4 is 0 Å². The van der Waals surface area contributed by atoms with Gasteiger partial charge in [0.1, 0.15) is 0 Å². The van der Waals surface area contributed by atoms with Gasteiger partial charge >= 0.3 is 108 Å². The molecule has 1 aromatic carbocycles. The Morgan fingerprint density at radius 3 is 2.78 bits per heavy atom. The summed E-state index contributed by atoms with van der Waals surface area (Å²) in [6, 6.07) is 3.62. The number of ether oxygens (including phenoxy) is 1. The molecule has 0 aliphatic heterocycles. The van der Waals surface area contributed by atoms with Crippen molar-refractivity contribution in [1.29, 1.82) is 0 Å². The molecule has 1 rings (SSSR count). The summed E-state index contributed by atoms with van der Waals surface area (Å²) in [6.45, 7) is 3.51. The van der Waals surface area contributed by atoms with E-state index >= 15 is 0 Å². The van der Waals surface area contributed by atoms with E-state index in [-0.39, 0.29) is 23.7 Å². The van der Waals surface area contributed by atoms with Crippen LogP contribution in [0.4, 0.5) is 0 Å². The molecule has 0 aliphatic rings.